The number of hydrogen-bond acceptors (Lipinski definition) is 3. The largest absolute Gasteiger partial charge is 0.380 e. The van der Waals surface area contributed by atoms with Gasteiger partial charge in [-0.1, -0.05) is 13.8 Å². The summed E-state index contributed by atoms with van der Waals surface area (Å²) < 4.78 is 5.51. The molecule has 0 aromatic rings. The van der Waals surface area contributed by atoms with Gasteiger partial charge in [-0.05, 0) is 39.5 Å². The first-order valence-corrected chi connectivity index (χ1v) is 5.57. The second-order valence-electron chi connectivity index (χ2n) is 4.23. The third-order valence-electron chi connectivity index (χ3n) is 2.04. The molecule has 0 saturated carbocycles. The molecule has 0 rings (SSSR count). The molecular weight excluding hydrogens is 176 g/mol. The third kappa shape index (κ3) is 9.96. The minimum absolute atomic E-state index is 0.643. The molecule has 1 N–H and O–H groups in total. The van der Waals surface area contributed by atoms with E-state index in [-0.39, 0.29) is 0 Å². The quantitative estimate of drug-likeness (QED) is 0.569. The molecule has 0 amide bonds. The van der Waals surface area contributed by atoms with E-state index in [0.717, 1.165) is 32.8 Å². The van der Waals surface area contributed by atoms with E-state index in [2.05, 4.69) is 31.1 Å². The predicted octanol–water partition coefficient (Wildman–Crippen LogP) is 1.20. The monoisotopic (exact) mass is 202 g/mol. The molecule has 0 aromatic heterocycles. The van der Waals surface area contributed by atoms with Gasteiger partial charge >= 0.3 is 0 Å². The van der Waals surface area contributed by atoms with Crippen molar-refractivity contribution in [2.45, 2.75) is 20.3 Å². The van der Waals surface area contributed by atoms with Crippen LogP contribution < -0.4 is 5.32 Å². The van der Waals surface area contributed by atoms with Crippen molar-refractivity contribution < 1.29 is 4.74 Å². The molecule has 14 heavy (non-hydrogen) atoms. The Morgan fingerprint density at radius 1 is 1.29 bits per heavy atom. The molecular formula is C11H26N2O. The average molecular weight is 202 g/mol. The zero-order valence-electron chi connectivity index (χ0n) is 10.2. The first-order valence-electron chi connectivity index (χ1n) is 5.57. The lowest BCUT2D eigenvalue weighted by atomic mass is 10.2. The van der Waals surface area contributed by atoms with E-state index in [4.69, 9.17) is 4.74 Å². The van der Waals surface area contributed by atoms with Crippen LogP contribution in [-0.4, -0.2) is 51.8 Å². The van der Waals surface area contributed by atoms with Gasteiger partial charge in [0.2, 0.25) is 0 Å². The van der Waals surface area contributed by atoms with Crippen molar-refractivity contribution >= 4 is 0 Å². The van der Waals surface area contributed by atoms with Crippen molar-refractivity contribution in [3.05, 3.63) is 0 Å². The molecule has 0 atom stereocenters. The molecule has 0 aliphatic heterocycles. The van der Waals surface area contributed by atoms with Crippen LogP contribution >= 0.6 is 0 Å². The Hall–Kier alpha value is -0.120. The van der Waals surface area contributed by atoms with Gasteiger partial charge in [-0.2, -0.15) is 0 Å². The molecule has 3 heteroatoms. The molecule has 3 nitrogen and oxygen atoms in total. The van der Waals surface area contributed by atoms with Crippen molar-refractivity contribution in [2.75, 3.05) is 46.9 Å². The van der Waals surface area contributed by atoms with Crippen LogP contribution in [-0.2, 0) is 4.74 Å². The minimum Gasteiger partial charge on any atom is -0.380 e. The van der Waals surface area contributed by atoms with Gasteiger partial charge in [-0.25, -0.2) is 0 Å². The van der Waals surface area contributed by atoms with Crippen LogP contribution in [0.4, 0.5) is 0 Å². The lowest BCUT2D eigenvalue weighted by molar-refractivity contribution is 0.0914. The van der Waals surface area contributed by atoms with Crippen molar-refractivity contribution in [1.82, 2.24) is 10.2 Å². The Labute approximate surface area is 88.8 Å². The summed E-state index contributed by atoms with van der Waals surface area (Å²) in [4.78, 5) is 2.32. The highest BCUT2D eigenvalue weighted by molar-refractivity contribution is 4.52. The molecule has 0 radical (unpaired) electrons. The summed E-state index contributed by atoms with van der Waals surface area (Å²) in [6.45, 7) is 9.37. The van der Waals surface area contributed by atoms with E-state index >= 15 is 0 Å². The summed E-state index contributed by atoms with van der Waals surface area (Å²) in [5, 5.41) is 3.15. The van der Waals surface area contributed by atoms with E-state index < -0.39 is 0 Å². The molecule has 0 bridgehead atoms. The topological polar surface area (TPSA) is 24.5 Å². The Balaban J connectivity index is 3.14. The smallest absolute Gasteiger partial charge is 0.0593 e. The standard InChI is InChI=1S/C11H26N2O/c1-11(2)10-14-9-8-13(4)7-5-6-12-3/h11-12H,5-10H2,1-4H3. The van der Waals surface area contributed by atoms with Crippen LogP contribution in [0.1, 0.15) is 20.3 Å². The molecule has 0 aliphatic rings. The van der Waals surface area contributed by atoms with Gasteiger partial charge in [0, 0.05) is 13.2 Å². The van der Waals surface area contributed by atoms with Crippen LogP contribution in [0.25, 0.3) is 0 Å². The van der Waals surface area contributed by atoms with E-state index in [1.54, 1.807) is 0 Å². The fourth-order valence-corrected chi connectivity index (χ4v) is 1.18. The van der Waals surface area contributed by atoms with Crippen LogP contribution in [0.3, 0.4) is 0 Å². The third-order valence-corrected chi connectivity index (χ3v) is 2.04. The van der Waals surface area contributed by atoms with Crippen molar-refractivity contribution in [3.8, 4) is 0 Å². The minimum atomic E-state index is 0.643. The lowest BCUT2D eigenvalue weighted by Crippen LogP contribution is -2.26. The summed E-state index contributed by atoms with van der Waals surface area (Å²) in [5.74, 6) is 0.643. The fourth-order valence-electron chi connectivity index (χ4n) is 1.18. The van der Waals surface area contributed by atoms with Crippen LogP contribution in [0.2, 0.25) is 0 Å². The maximum atomic E-state index is 5.51. The number of hydrogen-bond donors (Lipinski definition) is 1. The number of likely N-dealkylation sites (N-methyl/N-ethyl adjacent to an activating group) is 1. The van der Waals surface area contributed by atoms with Gasteiger partial charge in [0.15, 0.2) is 0 Å². The number of ether oxygens (including phenoxy) is 1. The van der Waals surface area contributed by atoms with Gasteiger partial charge in [-0.3, -0.25) is 0 Å². The summed E-state index contributed by atoms with van der Waals surface area (Å²) in [5.41, 5.74) is 0. The molecule has 0 aliphatic carbocycles. The molecule has 0 unspecified atom stereocenters. The van der Waals surface area contributed by atoms with E-state index in [0.29, 0.717) is 5.92 Å². The molecule has 0 aromatic carbocycles. The zero-order valence-corrected chi connectivity index (χ0v) is 10.2. The Morgan fingerprint density at radius 2 is 2.00 bits per heavy atom. The van der Waals surface area contributed by atoms with Crippen molar-refractivity contribution in [1.29, 1.82) is 0 Å². The van der Waals surface area contributed by atoms with Gasteiger partial charge < -0.3 is 15.0 Å². The fraction of sp³-hybridized carbons (Fsp3) is 1.00. The highest BCUT2D eigenvalue weighted by Gasteiger charge is 1.98. The zero-order chi connectivity index (χ0) is 10.8. The first kappa shape index (κ1) is 13.9. The van der Waals surface area contributed by atoms with Gasteiger partial charge in [-0.15, -0.1) is 0 Å². The van der Waals surface area contributed by atoms with Gasteiger partial charge in [0.25, 0.3) is 0 Å². The highest BCUT2D eigenvalue weighted by atomic mass is 16.5. The first-order chi connectivity index (χ1) is 6.66. The maximum Gasteiger partial charge on any atom is 0.0593 e. The van der Waals surface area contributed by atoms with Crippen LogP contribution in [0.5, 0.6) is 0 Å². The maximum absolute atomic E-state index is 5.51. The van der Waals surface area contributed by atoms with Crippen molar-refractivity contribution in [3.63, 3.8) is 0 Å². The molecule has 0 saturated heterocycles. The van der Waals surface area contributed by atoms with Crippen LogP contribution in [0, 0.1) is 5.92 Å². The molecule has 0 heterocycles. The van der Waals surface area contributed by atoms with Crippen LogP contribution in [0.15, 0.2) is 0 Å². The molecule has 0 spiro atoms. The van der Waals surface area contributed by atoms with Gasteiger partial charge in [0.1, 0.15) is 0 Å². The summed E-state index contributed by atoms with van der Waals surface area (Å²) >= 11 is 0. The number of nitrogens with zero attached hydrogens (tertiary/aromatic N) is 1. The van der Waals surface area contributed by atoms with Crippen molar-refractivity contribution in [2.24, 2.45) is 5.92 Å². The summed E-state index contributed by atoms with van der Waals surface area (Å²) in [6, 6.07) is 0. The number of nitrogens with one attached hydrogen (secondary N) is 1. The average Bonchev–Trinajstić information content (AvgIpc) is 2.13. The Kier molecular flexibility index (Phi) is 9.35. The number of rotatable bonds is 9. The highest BCUT2D eigenvalue weighted by Crippen LogP contribution is 1.93. The SMILES string of the molecule is CNCCCN(C)CCOCC(C)C. The molecule has 0 fully saturated rings. The normalized spacial score (nSPS) is 11.6. The Bertz CT molecular complexity index is 118. The summed E-state index contributed by atoms with van der Waals surface area (Å²) in [7, 11) is 4.14. The predicted molar refractivity (Wildman–Crippen MR) is 61.7 cm³/mol. The Morgan fingerprint density at radius 3 is 2.57 bits per heavy atom. The molecule has 86 valence electrons. The summed E-state index contributed by atoms with van der Waals surface area (Å²) in [6.07, 6.45) is 1.21. The van der Waals surface area contributed by atoms with Gasteiger partial charge in [0.05, 0.1) is 6.61 Å². The van der Waals surface area contributed by atoms with E-state index in [1.807, 2.05) is 7.05 Å². The van der Waals surface area contributed by atoms with E-state index in [1.165, 1.54) is 6.42 Å². The second-order valence-corrected chi connectivity index (χ2v) is 4.23. The second kappa shape index (κ2) is 9.44. The van der Waals surface area contributed by atoms with E-state index in [9.17, 15) is 0 Å². The lowest BCUT2D eigenvalue weighted by Gasteiger charge is -2.16.